The van der Waals surface area contributed by atoms with Crippen LogP contribution in [0.5, 0.6) is 0 Å². The highest BCUT2D eigenvalue weighted by Crippen LogP contribution is 2.35. The van der Waals surface area contributed by atoms with E-state index in [1.165, 1.54) is 10.8 Å². The standard InChI is InChI=1S/C19H19F3N4O2S/c1-26-9-16-13(5-4-11(6-10-2-3-10)25-29(16,23)28)18(26)19(27)24-12-7-14(20)17(22)15(21)8-12/h4-5,7-11H,2-3,6H2,1H3,(H,24,27)(H2,23,25,28)/t11-,29?/m1/s1. The van der Waals surface area contributed by atoms with Gasteiger partial charge in [-0.3, -0.25) is 4.79 Å². The average molecular weight is 424 g/mol. The van der Waals surface area contributed by atoms with Crippen molar-refractivity contribution in [3.8, 4) is 0 Å². The lowest BCUT2D eigenvalue weighted by Crippen LogP contribution is -2.32. The molecule has 29 heavy (non-hydrogen) atoms. The highest BCUT2D eigenvalue weighted by atomic mass is 32.2. The molecular weight excluding hydrogens is 405 g/mol. The summed E-state index contributed by atoms with van der Waals surface area (Å²) in [5.41, 5.74) is 0.129. The Morgan fingerprint density at radius 3 is 2.59 bits per heavy atom. The third kappa shape index (κ3) is 3.82. The Morgan fingerprint density at radius 1 is 1.31 bits per heavy atom. The van der Waals surface area contributed by atoms with Crippen molar-refractivity contribution >= 4 is 27.6 Å². The van der Waals surface area contributed by atoms with E-state index in [0.717, 1.165) is 19.3 Å². The van der Waals surface area contributed by atoms with E-state index in [2.05, 4.69) is 10.0 Å². The number of nitrogens with zero attached hydrogens (tertiary/aromatic N) is 1. The third-order valence-corrected chi connectivity index (χ3v) is 6.63. The first-order valence-corrected chi connectivity index (χ1v) is 10.6. The van der Waals surface area contributed by atoms with Gasteiger partial charge in [-0.05, 0) is 12.3 Å². The van der Waals surface area contributed by atoms with Gasteiger partial charge in [0.2, 0.25) is 0 Å². The maximum Gasteiger partial charge on any atom is 0.272 e. The summed E-state index contributed by atoms with van der Waals surface area (Å²) in [6.45, 7) is 0. The third-order valence-electron chi connectivity index (χ3n) is 5.05. The Balaban J connectivity index is 1.69. The van der Waals surface area contributed by atoms with Crippen LogP contribution in [0, 0.1) is 28.1 Å². The van der Waals surface area contributed by atoms with Gasteiger partial charge in [0.25, 0.3) is 5.91 Å². The Labute approximate surface area is 165 Å². The highest BCUT2D eigenvalue weighted by molar-refractivity contribution is 7.90. The van der Waals surface area contributed by atoms with Crippen LogP contribution in [0.15, 0.2) is 29.3 Å². The second kappa shape index (κ2) is 7.03. The molecule has 0 spiro atoms. The Hall–Kier alpha value is -2.59. The van der Waals surface area contributed by atoms with Crippen LogP contribution < -0.4 is 10.0 Å². The molecule has 10 heteroatoms. The van der Waals surface area contributed by atoms with Crippen LogP contribution in [0.3, 0.4) is 0 Å². The second-order valence-electron chi connectivity index (χ2n) is 7.39. The number of carbonyl (C=O) groups is 1. The van der Waals surface area contributed by atoms with Gasteiger partial charge >= 0.3 is 0 Å². The molecule has 4 rings (SSSR count). The summed E-state index contributed by atoms with van der Waals surface area (Å²) >= 11 is 0. The molecule has 0 saturated heterocycles. The average Bonchev–Trinajstić information content (AvgIpc) is 3.38. The van der Waals surface area contributed by atoms with Gasteiger partial charge in [-0.15, -0.1) is 0 Å². The van der Waals surface area contributed by atoms with E-state index in [0.29, 0.717) is 23.6 Å². The number of hydrogen-bond donors (Lipinski definition) is 3. The SMILES string of the molecule is Cn1cc2c(c1C(=O)Nc1cc(F)c(F)c(F)c1)C=C[C@H](CC1CC1)NS2(=N)=O. The summed E-state index contributed by atoms with van der Waals surface area (Å²) in [7, 11) is -1.81. The molecule has 0 radical (unpaired) electrons. The summed E-state index contributed by atoms with van der Waals surface area (Å²) < 4.78 is 65.5. The molecule has 2 aliphatic rings. The van der Waals surface area contributed by atoms with Crippen LogP contribution in [0.2, 0.25) is 0 Å². The molecule has 1 fully saturated rings. The molecule has 2 aromatic rings. The summed E-state index contributed by atoms with van der Waals surface area (Å²) in [5.74, 6) is -4.65. The maximum atomic E-state index is 13.4. The van der Waals surface area contributed by atoms with E-state index in [4.69, 9.17) is 4.78 Å². The van der Waals surface area contributed by atoms with Gasteiger partial charge in [-0.25, -0.2) is 26.9 Å². The smallest absolute Gasteiger partial charge is 0.272 e. The Bertz CT molecular complexity index is 1110. The minimum Gasteiger partial charge on any atom is -0.345 e. The molecule has 1 unspecified atom stereocenters. The Morgan fingerprint density at radius 2 is 1.97 bits per heavy atom. The number of rotatable bonds is 4. The predicted octanol–water partition coefficient (Wildman–Crippen LogP) is 3.80. The fraction of sp³-hybridized carbons (Fsp3) is 0.316. The minimum absolute atomic E-state index is 0.0789. The van der Waals surface area contributed by atoms with E-state index in [1.807, 2.05) is 0 Å². The first-order chi connectivity index (χ1) is 13.7. The van der Waals surface area contributed by atoms with Gasteiger partial charge in [-0.1, -0.05) is 25.0 Å². The number of carbonyl (C=O) groups excluding carboxylic acids is 1. The van der Waals surface area contributed by atoms with Crippen molar-refractivity contribution in [3.05, 3.63) is 53.1 Å². The molecule has 1 aromatic carbocycles. The topological polar surface area (TPSA) is 87.0 Å². The molecule has 0 bridgehead atoms. The molecule has 2 atom stereocenters. The summed E-state index contributed by atoms with van der Waals surface area (Å²) in [6.07, 6.45) is 7.85. The van der Waals surface area contributed by atoms with Crippen LogP contribution in [0.1, 0.15) is 35.3 Å². The lowest BCUT2D eigenvalue weighted by atomic mass is 10.1. The number of fused-ring (bicyclic) bond motifs is 1. The van der Waals surface area contributed by atoms with Crippen LogP contribution in [0.4, 0.5) is 18.9 Å². The van der Waals surface area contributed by atoms with Crippen LogP contribution in [-0.4, -0.2) is 20.7 Å². The monoisotopic (exact) mass is 424 g/mol. The molecule has 154 valence electrons. The first kappa shape index (κ1) is 19.7. The zero-order valence-corrected chi connectivity index (χ0v) is 16.3. The predicted molar refractivity (Wildman–Crippen MR) is 102 cm³/mol. The second-order valence-corrected chi connectivity index (χ2v) is 9.18. The van der Waals surface area contributed by atoms with Crippen molar-refractivity contribution in [2.45, 2.75) is 30.2 Å². The maximum absolute atomic E-state index is 13.4. The largest absolute Gasteiger partial charge is 0.345 e. The zero-order chi connectivity index (χ0) is 20.9. The van der Waals surface area contributed by atoms with Crippen molar-refractivity contribution in [2.24, 2.45) is 13.0 Å². The first-order valence-electron chi connectivity index (χ1n) is 9.05. The molecule has 3 N–H and O–H groups in total. The minimum atomic E-state index is -3.36. The van der Waals surface area contributed by atoms with Gasteiger partial charge < -0.3 is 9.88 Å². The summed E-state index contributed by atoms with van der Waals surface area (Å²) in [4.78, 5) is 13.0. The number of aryl methyl sites for hydroxylation is 1. The van der Waals surface area contributed by atoms with Crippen molar-refractivity contribution < 1.29 is 22.2 Å². The fourth-order valence-electron chi connectivity index (χ4n) is 3.47. The molecular formula is C19H19F3N4O2S. The van der Waals surface area contributed by atoms with Gasteiger partial charge in [0.1, 0.15) is 15.6 Å². The van der Waals surface area contributed by atoms with Crippen molar-refractivity contribution in [3.63, 3.8) is 0 Å². The number of halogens is 3. The van der Waals surface area contributed by atoms with Gasteiger partial charge in [-0.2, -0.15) is 0 Å². The van der Waals surface area contributed by atoms with E-state index in [-0.39, 0.29) is 22.3 Å². The number of aromatic nitrogens is 1. The van der Waals surface area contributed by atoms with E-state index in [9.17, 15) is 22.2 Å². The Kier molecular flexibility index (Phi) is 4.78. The van der Waals surface area contributed by atoms with Gasteiger partial charge in [0.15, 0.2) is 17.5 Å². The van der Waals surface area contributed by atoms with Gasteiger partial charge in [0.05, 0.1) is 4.90 Å². The number of anilines is 1. The van der Waals surface area contributed by atoms with Crippen LogP contribution in [-0.2, 0) is 17.0 Å². The quantitative estimate of drug-likeness (QED) is 0.652. The molecule has 6 nitrogen and oxygen atoms in total. The van der Waals surface area contributed by atoms with E-state index >= 15 is 0 Å². The van der Waals surface area contributed by atoms with Crippen molar-refractivity contribution in [1.82, 2.24) is 9.29 Å². The van der Waals surface area contributed by atoms with E-state index < -0.39 is 33.3 Å². The van der Waals surface area contributed by atoms with Crippen molar-refractivity contribution in [1.29, 1.82) is 4.78 Å². The molecule has 2 heterocycles. The number of nitrogens with one attached hydrogen (secondary N) is 3. The normalized spacial score (nSPS) is 23.5. The summed E-state index contributed by atoms with van der Waals surface area (Å²) in [6, 6.07) is 1.10. The van der Waals surface area contributed by atoms with Crippen LogP contribution >= 0.6 is 0 Å². The molecule has 1 aliphatic carbocycles. The number of amides is 1. The number of benzene rings is 1. The molecule has 1 aromatic heterocycles. The molecule has 1 amide bonds. The van der Waals surface area contributed by atoms with Gasteiger partial charge in [0, 0.05) is 42.7 Å². The molecule has 1 aliphatic heterocycles. The zero-order valence-electron chi connectivity index (χ0n) is 15.5. The summed E-state index contributed by atoms with van der Waals surface area (Å²) in [5, 5.41) is 2.33. The lowest BCUT2D eigenvalue weighted by molar-refractivity contribution is 0.101. The highest BCUT2D eigenvalue weighted by Gasteiger charge is 2.31. The van der Waals surface area contributed by atoms with Crippen LogP contribution in [0.25, 0.3) is 6.08 Å². The lowest BCUT2D eigenvalue weighted by Gasteiger charge is -2.14. The van der Waals surface area contributed by atoms with Crippen molar-refractivity contribution in [2.75, 3.05) is 5.32 Å². The molecule has 1 saturated carbocycles. The fourth-order valence-corrected chi connectivity index (χ4v) is 4.98. The van der Waals surface area contributed by atoms with E-state index in [1.54, 1.807) is 19.2 Å². The number of hydrogen-bond acceptors (Lipinski definition) is 3.